The van der Waals surface area contributed by atoms with E-state index in [1.165, 1.54) is 13.2 Å². The Kier molecular flexibility index (Phi) is 7.13. The van der Waals surface area contributed by atoms with Gasteiger partial charge in [0.05, 0.1) is 27.2 Å². The summed E-state index contributed by atoms with van der Waals surface area (Å²) >= 11 is 0. The summed E-state index contributed by atoms with van der Waals surface area (Å²) in [4.78, 5) is 11.8. The average molecular weight is 439 g/mol. The summed E-state index contributed by atoms with van der Waals surface area (Å²) in [6.07, 6.45) is 7.51. The van der Waals surface area contributed by atoms with Crippen LogP contribution in [0.3, 0.4) is 0 Å². The number of hydrogen-bond acceptors (Lipinski definition) is 4. The fourth-order valence-corrected chi connectivity index (χ4v) is 4.53. The Hall–Kier alpha value is -2.82. The fourth-order valence-electron chi connectivity index (χ4n) is 4.53. The van der Waals surface area contributed by atoms with Crippen molar-refractivity contribution in [1.29, 1.82) is 0 Å². The van der Waals surface area contributed by atoms with Crippen LogP contribution in [0.2, 0.25) is 0 Å². The van der Waals surface area contributed by atoms with Crippen molar-refractivity contribution in [2.24, 2.45) is 11.8 Å². The van der Waals surface area contributed by atoms with Gasteiger partial charge in [-0.25, -0.2) is 4.39 Å². The van der Waals surface area contributed by atoms with E-state index in [4.69, 9.17) is 14.2 Å². The molecule has 0 unspecified atom stereocenters. The monoisotopic (exact) mass is 438 g/mol. The zero-order valence-corrected chi connectivity index (χ0v) is 18.8. The van der Waals surface area contributed by atoms with E-state index in [0.29, 0.717) is 36.2 Å². The number of ether oxygens (including phenoxy) is 3. The van der Waals surface area contributed by atoms with Crippen LogP contribution in [-0.2, 0) is 9.53 Å². The molecule has 0 saturated heterocycles. The van der Waals surface area contributed by atoms with Crippen LogP contribution in [0.4, 0.5) is 4.39 Å². The molecule has 5 heteroatoms. The molecule has 170 valence electrons. The van der Waals surface area contributed by atoms with Gasteiger partial charge < -0.3 is 14.2 Å². The fraction of sp³-hybridized carbons (Fsp3) is 0.444. The van der Waals surface area contributed by atoms with Crippen molar-refractivity contribution in [2.75, 3.05) is 20.8 Å². The van der Waals surface area contributed by atoms with Gasteiger partial charge in [0, 0.05) is 5.56 Å². The molecule has 2 aromatic rings. The molecule has 0 heterocycles. The third-order valence-electron chi connectivity index (χ3n) is 6.62. The Morgan fingerprint density at radius 2 is 1.94 bits per heavy atom. The molecule has 0 aromatic heterocycles. The molecule has 4 rings (SSSR count). The van der Waals surface area contributed by atoms with Crippen molar-refractivity contribution < 1.29 is 23.4 Å². The van der Waals surface area contributed by atoms with Crippen LogP contribution in [0.1, 0.15) is 55.6 Å². The first-order chi connectivity index (χ1) is 15.6. The topological polar surface area (TPSA) is 44.8 Å². The molecule has 0 spiro atoms. The number of carbonyl (C=O) groups is 1. The number of allylic oxidation sites excluding steroid dienone is 2. The highest BCUT2D eigenvalue weighted by Gasteiger charge is 2.34. The highest BCUT2D eigenvalue weighted by atomic mass is 19.1. The van der Waals surface area contributed by atoms with Gasteiger partial charge >= 0.3 is 5.97 Å². The molecule has 0 bridgehead atoms. The van der Waals surface area contributed by atoms with Crippen LogP contribution in [0, 0.1) is 17.7 Å². The van der Waals surface area contributed by atoms with Crippen molar-refractivity contribution in [3.8, 4) is 11.5 Å². The van der Waals surface area contributed by atoms with Crippen LogP contribution in [0.25, 0.3) is 5.57 Å². The Balaban J connectivity index is 1.36. The van der Waals surface area contributed by atoms with Gasteiger partial charge in [-0.1, -0.05) is 18.2 Å². The van der Waals surface area contributed by atoms with E-state index >= 15 is 0 Å². The number of esters is 1. The first kappa shape index (κ1) is 22.4. The summed E-state index contributed by atoms with van der Waals surface area (Å²) in [5, 5.41) is 0. The van der Waals surface area contributed by atoms with Crippen molar-refractivity contribution in [2.45, 2.75) is 44.4 Å². The maximum atomic E-state index is 14.3. The molecule has 0 N–H and O–H groups in total. The zero-order valence-electron chi connectivity index (χ0n) is 18.8. The van der Waals surface area contributed by atoms with Crippen molar-refractivity contribution in [3.05, 3.63) is 65.5 Å². The van der Waals surface area contributed by atoms with Gasteiger partial charge in [-0.05, 0) is 91.3 Å². The maximum Gasteiger partial charge on any atom is 0.306 e. The second-order valence-corrected chi connectivity index (χ2v) is 8.82. The van der Waals surface area contributed by atoms with Crippen LogP contribution >= 0.6 is 0 Å². The van der Waals surface area contributed by atoms with Crippen LogP contribution < -0.4 is 9.47 Å². The Morgan fingerprint density at radius 3 is 2.62 bits per heavy atom. The molecule has 1 fully saturated rings. The molecular formula is C27H31FO4. The largest absolute Gasteiger partial charge is 0.497 e. The summed E-state index contributed by atoms with van der Waals surface area (Å²) in [6, 6.07) is 13.0. The second-order valence-electron chi connectivity index (χ2n) is 8.82. The summed E-state index contributed by atoms with van der Waals surface area (Å²) in [7, 11) is 3.04. The van der Waals surface area contributed by atoms with Gasteiger partial charge in [0.2, 0.25) is 0 Å². The molecule has 32 heavy (non-hydrogen) atoms. The average Bonchev–Trinajstić information content (AvgIpc) is 3.67. The van der Waals surface area contributed by atoms with Crippen LogP contribution in [0.5, 0.6) is 11.5 Å². The highest BCUT2D eigenvalue weighted by Crippen LogP contribution is 2.45. The number of carbonyl (C=O) groups excluding carboxylic acids is 1. The van der Waals surface area contributed by atoms with Crippen molar-refractivity contribution in [1.82, 2.24) is 0 Å². The van der Waals surface area contributed by atoms with E-state index in [-0.39, 0.29) is 17.7 Å². The maximum absolute atomic E-state index is 14.3. The SMILES string of the molecule is COC(=O)C[C@H](c1cccc(OC[C@@H]2CC=C(c3cc(OC)ccc3F)CC2)c1)C1CC1. The van der Waals surface area contributed by atoms with Gasteiger partial charge in [0.15, 0.2) is 0 Å². The lowest BCUT2D eigenvalue weighted by Crippen LogP contribution is -2.15. The van der Waals surface area contributed by atoms with Crippen molar-refractivity contribution in [3.63, 3.8) is 0 Å². The first-order valence-electron chi connectivity index (χ1n) is 11.4. The standard InChI is InChI=1S/C27H31FO4/c1-30-22-12-13-26(28)25(15-22)20-8-6-18(7-9-20)17-32-23-5-3-4-21(14-23)24(19-10-11-19)16-27(29)31-2/h3-5,8,12-15,18-19,24H,6-7,9-11,16-17H2,1-2H3/t18-,24+/m1/s1. The van der Waals surface area contributed by atoms with E-state index in [1.807, 2.05) is 12.1 Å². The molecule has 2 aliphatic rings. The molecule has 2 aliphatic carbocycles. The van der Waals surface area contributed by atoms with Gasteiger partial charge in [-0.3, -0.25) is 4.79 Å². The predicted molar refractivity (Wildman–Crippen MR) is 122 cm³/mol. The number of halogens is 1. The lowest BCUT2D eigenvalue weighted by molar-refractivity contribution is -0.141. The van der Waals surface area contributed by atoms with Gasteiger partial charge in [0.25, 0.3) is 0 Å². The molecule has 2 aromatic carbocycles. The van der Waals surface area contributed by atoms with E-state index in [2.05, 4.69) is 18.2 Å². The summed E-state index contributed by atoms with van der Waals surface area (Å²) in [6.45, 7) is 0.624. The summed E-state index contributed by atoms with van der Waals surface area (Å²) in [5.41, 5.74) is 2.82. The minimum atomic E-state index is -0.208. The molecule has 0 aliphatic heterocycles. The minimum absolute atomic E-state index is 0.162. The van der Waals surface area contributed by atoms with Gasteiger partial charge in [0.1, 0.15) is 17.3 Å². The Bertz CT molecular complexity index is 979. The third kappa shape index (κ3) is 5.50. The highest BCUT2D eigenvalue weighted by molar-refractivity contribution is 5.70. The Morgan fingerprint density at radius 1 is 1.09 bits per heavy atom. The normalized spacial score (nSPS) is 19.1. The third-order valence-corrected chi connectivity index (χ3v) is 6.62. The summed E-state index contributed by atoms with van der Waals surface area (Å²) < 4.78 is 30.5. The number of hydrogen-bond donors (Lipinski definition) is 0. The number of methoxy groups -OCH3 is 2. The molecular weight excluding hydrogens is 407 g/mol. The second kappa shape index (κ2) is 10.2. The van der Waals surface area contributed by atoms with E-state index < -0.39 is 0 Å². The van der Waals surface area contributed by atoms with Crippen LogP contribution in [0.15, 0.2) is 48.5 Å². The van der Waals surface area contributed by atoms with E-state index in [1.54, 1.807) is 19.2 Å². The zero-order chi connectivity index (χ0) is 22.5. The lowest BCUT2D eigenvalue weighted by atomic mass is 9.87. The number of benzene rings is 2. The predicted octanol–water partition coefficient (Wildman–Crippen LogP) is 6.15. The lowest BCUT2D eigenvalue weighted by Gasteiger charge is -2.23. The van der Waals surface area contributed by atoms with Crippen molar-refractivity contribution >= 4 is 11.5 Å². The van der Waals surface area contributed by atoms with Gasteiger partial charge in [-0.15, -0.1) is 0 Å². The molecule has 0 amide bonds. The van der Waals surface area contributed by atoms with E-state index in [0.717, 1.165) is 49.0 Å². The molecule has 2 atom stereocenters. The Labute approximate surface area is 189 Å². The van der Waals surface area contributed by atoms with E-state index in [9.17, 15) is 9.18 Å². The summed E-state index contributed by atoms with van der Waals surface area (Å²) in [5.74, 6) is 2.29. The quantitative estimate of drug-likeness (QED) is 0.440. The van der Waals surface area contributed by atoms with Crippen LogP contribution in [-0.4, -0.2) is 26.8 Å². The smallest absolute Gasteiger partial charge is 0.306 e. The minimum Gasteiger partial charge on any atom is -0.497 e. The number of rotatable bonds is 9. The molecule has 4 nitrogen and oxygen atoms in total. The van der Waals surface area contributed by atoms with Gasteiger partial charge in [-0.2, -0.15) is 0 Å². The first-order valence-corrected chi connectivity index (χ1v) is 11.4. The molecule has 1 saturated carbocycles. The molecule has 0 radical (unpaired) electrons.